The van der Waals surface area contributed by atoms with E-state index in [4.69, 9.17) is 9.47 Å². The molecule has 3 aliphatic carbocycles. The highest BCUT2D eigenvalue weighted by molar-refractivity contribution is 5.89. The van der Waals surface area contributed by atoms with Gasteiger partial charge in [0.15, 0.2) is 0 Å². The number of allylic oxidation sites excluding steroid dienone is 1. The Hall–Kier alpha value is -1.68. The first-order valence-electron chi connectivity index (χ1n) is 9.89. The quantitative estimate of drug-likeness (QED) is 0.595. The van der Waals surface area contributed by atoms with Crippen LogP contribution < -0.4 is 0 Å². The minimum Gasteiger partial charge on any atom is -0.457 e. The number of nitrogens with zero attached hydrogens (tertiary/aromatic N) is 1. The number of carbonyl (C=O) groups excluding carboxylic acids is 1. The van der Waals surface area contributed by atoms with E-state index < -0.39 is 0 Å². The van der Waals surface area contributed by atoms with E-state index in [-0.39, 0.29) is 22.6 Å². The molecule has 2 bridgehead atoms. The van der Waals surface area contributed by atoms with Gasteiger partial charge in [0.05, 0.1) is 16.8 Å². The van der Waals surface area contributed by atoms with Gasteiger partial charge in [0.25, 0.3) is 0 Å². The zero-order chi connectivity index (χ0) is 18.0. The lowest BCUT2D eigenvalue weighted by Gasteiger charge is -2.55. The molecule has 0 N–H and O–H groups in total. The van der Waals surface area contributed by atoms with E-state index in [1.807, 2.05) is 0 Å². The number of ether oxygens (including phenoxy) is 2. The van der Waals surface area contributed by atoms with Gasteiger partial charge in [-0.3, -0.25) is 4.98 Å². The maximum absolute atomic E-state index is 12.4. The van der Waals surface area contributed by atoms with E-state index in [1.165, 1.54) is 31.3 Å². The van der Waals surface area contributed by atoms with Gasteiger partial charge in [-0.25, -0.2) is 4.79 Å². The summed E-state index contributed by atoms with van der Waals surface area (Å²) < 4.78 is 12.6. The standard InChI is InChI=1S/C22H27NO3/c1-19-7-3-6-17(14-25-18(24)16-5-4-12-23-13-16)22(19)15-21(10-8-19)11-9-20(21,2)26-22/h4-6,12-13H,3,7-11,14-15H2,1-2H3/t19-,20?,21?,22-/m0/s1. The van der Waals surface area contributed by atoms with Crippen LogP contribution in [-0.4, -0.2) is 28.8 Å². The predicted molar refractivity (Wildman–Crippen MR) is 97.7 cm³/mol. The van der Waals surface area contributed by atoms with Crippen LogP contribution in [0.15, 0.2) is 36.2 Å². The molecule has 1 saturated heterocycles. The highest BCUT2D eigenvalue weighted by Crippen LogP contribution is 2.75. The monoisotopic (exact) mass is 353 g/mol. The Morgan fingerprint density at radius 2 is 2.08 bits per heavy atom. The number of aromatic nitrogens is 1. The fourth-order valence-corrected chi connectivity index (χ4v) is 6.20. The molecule has 0 radical (unpaired) electrons. The number of rotatable bonds is 3. The number of hydrogen-bond donors (Lipinski definition) is 0. The van der Waals surface area contributed by atoms with Crippen LogP contribution in [0.1, 0.15) is 69.2 Å². The van der Waals surface area contributed by atoms with Gasteiger partial charge in [-0.05, 0) is 69.6 Å². The van der Waals surface area contributed by atoms with Gasteiger partial charge in [-0.15, -0.1) is 0 Å². The van der Waals surface area contributed by atoms with Crippen molar-refractivity contribution < 1.29 is 14.3 Å². The molecule has 3 fully saturated rings. The van der Waals surface area contributed by atoms with Gasteiger partial charge in [0.2, 0.25) is 0 Å². The van der Waals surface area contributed by atoms with Crippen LogP contribution in [0.2, 0.25) is 0 Å². The van der Waals surface area contributed by atoms with Crippen LogP contribution in [-0.2, 0) is 9.47 Å². The lowest BCUT2D eigenvalue weighted by molar-refractivity contribution is -0.170. The Kier molecular flexibility index (Phi) is 3.29. The second-order valence-corrected chi connectivity index (χ2v) is 9.26. The molecule has 26 heavy (non-hydrogen) atoms. The highest BCUT2D eigenvalue weighted by Gasteiger charge is 2.75. The summed E-state index contributed by atoms with van der Waals surface area (Å²) in [5, 5.41) is 0. The number of pyridine rings is 1. The molecule has 1 aliphatic heterocycles. The van der Waals surface area contributed by atoms with E-state index in [1.54, 1.807) is 24.5 Å². The highest BCUT2D eigenvalue weighted by atomic mass is 16.6. The number of hydrogen-bond acceptors (Lipinski definition) is 4. The molecule has 4 heteroatoms. The van der Waals surface area contributed by atoms with Crippen LogP contribution in [0.4, 0.5) is 0 Å². The average Bonchev–Trinajstić information content (AvgIpc) is 2.79. The maximum atomic E-state index is 12.4. The SMILES string of the molecule is CC12CCC13CC[C@]1(C)CCC=C(COC(=O)c4cccnc4)[C@]1(C3)O2. The second kappa shape index (κ2) is 5.19. The molecule has 2 saturated carbocycles. The summed E-state index contributed by atoms with van der Waals surface area (Å²) in [6, 6.07) is 3.51. The molecule has 5 rings (SSSR count). The van der Waals surface area contributed by atoms with Crippen molar-refractivity contribution in [2.45, 2.75) is 70.0 Å². The predicted octanol–water partition coefficient (Wildman–Crippen LogP) is 4.46. The summed E-state index contributed by atoms with van der Waals surface area (Å²) in [6.07, 6.45) is 13.8. The molecule has 1 aromatic heterocycles. The molecule has 0 aromatic carbocycles. The molecule has 4 atom stereocenters. The number of esters is 1. The number of carbonyl (C=O) groups is 1. The third-order valence-corrected chi connectivity index (χ3v) is 8.18. The fourth-order valence-electron chi connectivity index (χ4n) is 6.20. The summed E-state index contributed by atoms with van der Waals surface area (Å²) in [5.74, 6) is -0.305. The summed E-state index contributed by atoms with van der Waals surface area (Å²) in [5.41, 5.74) is 1.96. The molecule has 2 unspecified atom stereocenters. The largest absolute Gasteiger partial charge is 0.457 e. The summed E-state index contributed by atoms with van der Waals surface area (Å²) in [6.45, 7) is 5.03. The van der Waals surface area contributed by atoms with Crippen LogP contribution in [0.25, 0.3) is 0 Å². The van der Waals surface area contributed by atoms with Crippen molar-refractivity contribution in [2.75, 3.05) is 6.61 Å². The Bertz CT molecular complexity index is 786. The van der Waals surface area contributed by atoms with Crippen molar-refractivity contribution in [3.8, 4) is 0 Å². The average molecular weight is 353 g/mol. The van der Waals surface area contributed by atoms with Crippen molar-refractivity contribution in [2.24, 2.45) is 10.8 Å². The van der Waals surface area contributed by atoms with Crippen molar-refractivity contribution in [3.05, 3.63) is 41.7 Å². The van der Waals surface area contributed by atoms with Crippen molar-refractivity contribution in [1.29, 1.82) is 0 Å². The molecular weight excluding hydrogens is 326 g/mol. The summed E-state index contributed by atoms with van der Waals surface area (Å²) >= 11 is 0. The fraction of sp³-hybridized carbons (Fsp3) is 0.636. The smallest absolute Gasteiger partial charge is 0.340 e. The van der Waals surface area contributed by atoms with Gasteiger partial charge in [0.1, 0.15) is 6.61 Å². The van der Waals surface area contributed by atoms with Crippen molar-refractivity contribution in [1.82, 2.24) is 4.98 Å². The van der Waals surface area contributed by atoms with Gasteiger partial charge in [-0.1, -0.05) is 13.0 Å². The molecule has 138 valence electrons. The van der Waals surface area contributed by atoms with E-state index in [2.05, 4.69) is 24.9 Å². The molecule has 2 spiro atoms. The van der Waals surface area contributed by atoms with Crippen LogP contribution in [0.5, 0.6) is 0 Å². The summed E-state index contributed by atoms with van der Waals surface area (Å²) in [4.78, 5) is 16.4. The molecule has 4 nitrogen and oxygen atoms in total. The van der Waals surface area contributed by atoms with Gasteiger partial charge < -0.3 is 9.47 Å². The molecule has 4 aliphatic rings. The van der Waals surface area contributed by atoms with E-state index in [0.717, 1.165) is 19.3 Å². The van der Waals surface area contributed by atoms with Crippen molar-refractivity contribution >= 4 is 5.97 Å². The van der Waals surface area contributed by atoms with Crippen LogP contribution in [0, 0.1) is 10.8 Å². The topological polar surface area (TPSA) is 48.4 Å². The first kappa shape index (κ1) is 16.5. The van der Waals surface area contributed by atoms with Gasteiger partial charge in [-0.2, -0.15) is 0 Å². The van der Waals surface area contributed by atoms with E-state index in [0.29, 0.717) is 17.6 Å². The van der Waals surface area contributed by atoms with Gasteiger partial charge >= 0.3 is 5.97 Å². The van der Waals surface area contributed by atoms with Crippen molar-refractivity contribution in [3.63, 3.8) is 0 Å². The lowest BCUT2D eigenvalue weighted by Crippen LogP contribution is -2.54. The first-order chi connectivity index (χ1) is 12.4. The van der Waals surface area contributed by atoms with Crippen LogP contribution in [0.3, 0.4) is 0 Å². The Morgan fingerprint density at radius 1 is 1.23 bits per heavy atom. The zero-order valence-corrected chi connectivity index (χ0v) is 15.7. The third-order valence-electron chi connectivity index (χ3n) is 8.18. The molecule has 2 heterocycles. The second-order valence-electron chi connectivity index (χ2n) is 9.26. The molecular formula is C22H27NO3. The Labute approximate surface area is 155 Å². The Balaban J connectivity index is 1.42. The third kappa shape index (κ3) is 1.94. The molecule has 1 aromatic rings. The Morgan fingerprint density at radius 3 is 2.81 bits per heavy atom. The minimum absolute atomic E-state index is 0.00848. The summed E-state index contributed by atoms with van der Waals surface area (Å²) in [7, 11) is 0. The molecule has 0 amide bonds. The minimum atomic E-state index is -0.305. The van der Waals surface area contributed by atoms with Crippen LogP contribution >= 0.6 is 0 Å². The maximum Gasteiger partial charge on any atom is 0.340 e. The first-order valence-corrected chi connectivity index (χ1v) is 9.89. The van der Waals surface area contributed by atoms with E-state index in [9.17, 15) is 4.79 Å². The lowest BCUT2D eigenvalue weighted by atomic mass is 9.46. The zero-order valence-electron chi connectivity index (χ0n) is 15.7. The normalized spacial score (nSPS) is 42.9. The van der Waals surface area contributed by atoms with Gasteiger partial charge in [0, 0.05) is 23.2 Å². The van der Waals surface area contributed by atoms with E-state index >= 15 is 0 Å².